The second kappa shape index (κ2) is 6.86. The molecule has 26 heavy (non-hydrogen) atoms. The third-order valence-corrected chi connectivity index (χ3v) is 6.68. The first kappa shape index (κ1) is 17.8. The van der Waals surface area contributed by atoms with Gasteiger partial charge in [-0.05, 0) is 48.6 Å². The van der Waals surface area contributed by atoms with Gasteiger partial charge in [-0.15, -0.1) is 0 Å². The van der Waals surface area contributed by atoms with Gasteiger partial charge in [-0.25, -0.2) is 0 Å². The molecule has 1 N–H and O–H groups in total. The summed E-state index contributed by atoms with van der Waals surface area (Å²) in [6, 6.07) is 9.56. The lowest BCUT2D eigenvalue weighted by Crippen LogP contribution is -2.65. The summed E-state index contributed by atoms with van der Waals surface area (Å²) in [4.78, 5) is 3.12. The van der Waals surface area contributed by atoms with E-state index >= 15 is 0 Å². The molecule has 6 heteroatoms. The minimum Gasteiger partial charge on any atom is -0.389 e. The van der Waals surface area contributed by atoms with Crippen LogP contribution in [0.4, 0.5) is 0 Å². The second-order valence-corrected chi connectivity index (χ2v) is 8.37. The molecule has 0 heterocycles. The summed E-state index contributed by atoms with van der Waals surface area (Å²) < 4.78 is 11.4. The molecule has 0 aliphatic heterocycles. The van der Waals surface area contributed by atoms with Crippen molar-refractivity contribution >= 4 is 0 Å². The van der Waals surface area contributed by atoms with E-state index in [0.29, 0.717) is 31.5 Å². The predicted octanol–water partition coefficient (Wildman–Crippen LogP) is 4.01. The zero-order valence-electron chi connectivity index (χ0n) is 15.3. The number of benzene rings is 1. The van der Waals surface area contributed by atoms with Gasteiger partial charge >= 0.3 is 0 Å². The van der Waals surface area contributed by atoms with Crippen LogP contribution in [0, 0.1) is 17.8 Å². The largest absolute Gasteiger partial charge is 0.389 e. The van der Waals surface area contributed by atoms with E-state index in [-0.39, 0.29) is 17.6 Å². The Balaban J connectivity index is 1.64. The first-order chi connectivity index (χ1) is 12.6. The summed E-state index contributed by atoms with van der Waals surface area (Å²) in [5.74, 6) is 0.768. The lowest BCUT2D eigenvalue weighted by Gasteiger charge is -2.64. The number of hydrogen-bond acceptors (Lipinski definition) is 4. The van der Waals surface area contributed by atoms with Gasteiger partial charge in [0.1, 0.15) is 0 Å². The molecule has 1 aromatic rings. The first-order valence-corrected chi connectivity index (χ1v) is 9.54. The van der Waals surface area contributed by atoms with Crippen LogP contribution in [0.1, 0.15) is 43.7 Å². The number of rotatable bonds is 7. The monoisotopic (exact) mass is 357 g/mol. The standard InChI is InChI=1S/C20H27N3O3/c1-25-7-8-26-19-10-14-9-16(12-19)17(20(24,11-14)13-19)18(22-23-21)15-5-3-2-4-6-15/h2-6,14,16-18,24H,7-13H2,1H3. The van der Waals surface area contributed by atoms with E-state index in [1.54, 1.807) is 7.11 Å². The van der Waals surface area contributed by atoms with Crippen LogP contribution >= 0.6 is 0 Å². The van der Waals surface area contributed by atoms with Crippen LogP contribution in [-0.4, -0.2) is 36.6 Å². The average Bonchev–Trinajstić information content (AvgIpc) is 2.60. The highest BCUT2D eigenvalue weighted by atomic mass is 16.5. The maximum atomic E-state index is 11.6. The average molecular weight is 357 g/mol. The summed E-state index contributed by atoms with van der Waals surface area (Å²) in [6.07, 6.45) is 4.47. The summed E-state index contributed by atoms with van der Waals surface area (Å²) >= 11 is 0. The molecule has 0 spiro atoms. The molecule has 5 rings (SSSR count). The van der Waals surface area contributed by atoms with E-state index in [0.717, 1.165) is 31.2 Å². The predicted molar refractivity (Wildman–Crippen MR) is 97.4 cm³/mol. The maximum Gasteiger partial charge on any atom is 0.0716 e. The van der Waals surface area contributed by atoms with Gasteiger partial charge in [0, 0.05) is 24.4 Å². The molecule has 4 aliphatic rings. The number of aliphatic hydroxyl groups is 1. The molecule has 4 fully saturated rings. The molecule has 4 bridgehead atoms. The van der Waals surface area contributed by atoms with Crippen LogP contribution in [0.3, 0.4) is 0 Å². The Labute approximate surface area is 154 Å². The van der Waals surface area contributed by atoms with Crippen molar-refractivity contribution < 1.29 is 14.6 Å². The Hall–Kier alpha value is -1.59. The minimum absolute atomic E-state index is 0.0449. The smallest absolute Gasteiger partial charge is 0.0716 e. The summed E-state index contributed by atoms with van der Waals surface area (Å²) in [5.41, 5.74) is 9.09. The van der Waals surface area contributed by atoms with Crippen molar-refractivity contribution in [1.82, 2.24) is 0 Å². The molecule has 6 nitrogen and oxygen atoms in total. The molecule has 0 amide bonds. The van der Waals surface area contributed by atoms with Crippen molar-refractivity contribution in [2.24, 2.45) is 22.9 Å². The number of azide groups is 1. The van der Waals surface area contributed by atoms with E-state index in [2.05, 4.69) is 10.0 Å². The normalized spacial score (nSPS) is 38.8. The SMILES string of the molecule is COCCOC12CC3CC(C1)C(C(N=[N+]=[N-])c1ccccc1)C(O)(C3)C2. The summed E-state index contributed by atoms with van der Waals surface area (Å²) in [7, 11) is 1.68. The van der Waals surface area contributed by atoms with E-state index in [4.69, 9.17) is 15.0 Å². The van der Waals surface area contributed by atoms with Gasteiger partial charge in [-0.1, -0.05) is 35.4 Å². The minimum atomic E-state index is -0.828. The van der Waals surface area contributed by atoms with Crippen LogP contribution in [0.2, 0.25) is 0 Å². The molecule has 4 aliphatic carbocycles. The Morgan fingerprint density at radius 1 is 1.27 bits per heavy atom. The Morgan fingerprint density at radius 3 is 2.77 bits per heavy atom. The molecule has 6 atom stereocenters. The van der Waals surface area contributed by atoms with E-state index in [9.17, 15) is 5.11 Å². The highest BCUT2D eigenvalue weighted by molar-refractivity contribution is 5.25. The summed E-state index contributed by atoms with van der Waals surface area (Å²) in [5, 5.41) is 15.8. The Kier molecular flexibility index (Phi) is 4.70. The lowest BCUT2D eigenvalue weighted by molar-refractivity contribution is -0.253. The zero-order valence-corrected chi connectivity index (χ0v) is 15.3. The van der Waals surface area contributed by atoms with Gasteiger partial charge in [-0.3, -0.25) is 0 Å². The second-order valence-electron chi connectivity index (χ2n) is 8.37. The van der Waals surface area contributed by atoms with Gasteiger partial charge in [-0.2, -0.15) is 0 Å². The Bertz CT molecular complexity index is 693. The maximum absolute atomic E-state index is 11.6. The van der Waals surface area contributed by atoms with E-state index in [1.165, 1.54) is 0 Å². The fraction of sp³-hybridized carbons (Fsp3) is 0.700. The third kappa shape index (κ3) is 3.01. The van der Waals surface area contributed by atoms with Crippen molar-refractivity contribution in [1.29, 1.82) is 0 Å². The molecule has 4 saturated carbocycles. The van der Waals surface area contributed by atoms with Crippen LogP contribution in [0.5, 0.6) is 0 Å². The topological polar surface area (TPSA) is 87.5 Å². The third-order valence-electron chi connectivity index (χ3n) is 6.68. The van der Waals surface area contributed by atoms with E-state index < -0.39 is 5.60 Å². The number of methoxy groups -OCH3 is 1. The Morgan fingerprint density at radius 2 is 2.08 bits per heavy atom. The quantitative estimate of drug-likeness (QED) is 0.346. The fourth-order valence-electron chi connectivity index (χ4n) is 6.19. The van der Waals surface area contributed by atoms with Crippen molar-refractivity contribution in [3.8, 4) is 0 Å². The van der Waals surface area contributed by atoms with Crippen molar-refractivity contribution in [3.63, 3.8) is 0 Å². The van der Waals surface area contributed by atoms with Gasteiger partial charge in [0.05, 0.1) is 30.5 Å². The molecule has 0 radical (unpaired) electrons. The van der Waals surface area contributed by atoms with E-state index in [1.807, 2.05) is 30.3 Å². The van der Waals surface area contributed by atoms with Crippen LogP contribution in [0.15, 0.2) is 35.4 Å². The molecule has 6 unspecified atom stereocenters. The number of hydrogen-bond donors (Lipinski definition) is 1. The van der Waals surface area contributed by atoms with Crippen LogP contribution < -0.4 is 0 Å². The van der Waals surface area contributed by atoms with Gasteiger partial charge < -0.3 is 14.6 Å². The highest BCUT2D eigenvalue weighted by Crippen LogP contribution is 2.64. The molecule has 0 aromatic heterocycles. The van der Waals surface area contributed by atoms with Crippen molar-refractivity contribution in [2.75, 3.05) is 20.3 Å². The molecular weight excluding hydrogens is 330 g/mol. The van der Waals surface area contributed by atoms with Gasteiger partial charge in [0.15, 0.2) is 0 Å². The van der Waals surface area contributed by atoms with Crippen LogP contribution in [0.25, 0.3) is 10.4 Å². The highest BCUT2D eigenvalue weighted by Gasteiger charge is 2.64. The number of ether oxygens (including phenoxy) is 2. The lowest BCUT2D eigenvalue weighted by atomic mass is 9.46. The molecule has 1 aromatic carbocycles. The molecule has 140 valence electrons. The molecule has 0 saturated heterocycles. The molecular formula is C20H27N3O3. The van der Waals surface area contributed by atoms with Crippen molar-refractivity contribution in [3.05, 3.63) is 46.3 Å². The zero-order chi connectivity index (χ0) is 18.2. The van der Waals surface area contributed by atoms with Crippen molar-refractivity contribution in [2.45, 2.75) is 49.3 Å². The number of nitrogens with zero attached hydrogens (tertiary/aromatic N) is 3. The summed E-state index contributed by atoms with van der Waals surface area (Å²) in [6.45, 7) is 1.14. The first-order valence-electron chi connectivity index (χ1n) is 9.54. The van der Waals surface area contributed by atoms with Gasteiger partial charge in [0.25, 0.3) is 0 Å². The van der Waals surface area contributed by atoms with Gasteiger partial charge in [0.2, 0.25) is 0 Å². The fourth-order valence-corrected chi connectivity index (χ4v) is 6.19. The van der Waals surface area contributed by atoms with Crippen LogP contribution in [-0.2, 0) is 9.47 Å².